The molecule has 1 saturated heterocycles. The zero-order valence-electron chi connectivity index (χ0n) is 17.4. The monoisotopic (exact) mass is 504 g/mol. The Morgan fingerprint density at radius 1 is 1.06 bits per heavy atom. The molecule has 0 bridgehead atoms. The van der Waals surface area contributed by atoms with Gasteiger partial charge in [0.2, 0.25) is 11.7 Å². The number of aliphatic hydroxyl groups is 2. The average Bonchev–Trinajstić information content (AvgIpc) is 3.17. The molecule has 2 heterocycles. The Kier molecular flexibility index (Phi) is 6.28. The Balaban J connectivity index is 1.92. The number of benzene rings is 2. The number of anilines is 1. The van der Waals surface area contributed by atoms with Gasteiger partial charge in [0.1, 0.15) is 6.33 Å². The maximum absolute atomic E-state index is 13.6. The van der Waals surface area contributed by atoms with Gasteiger partial charge in [0.05, 0.1) is 6.61 Å². The molecule has 0 spiro atoms. The Bertz CT molecular complexity index is 1310. The van der Waals surface area contributed by atoms with E-state index in [2.05, 4.69) is 9.97 Å². The van der Waals surface area contributed by atoms with Gasteiger partial charge in [-0.25, -0.2) is 14.3 Å². The van der Waals surface area contributed by atoms with Crippen molar-refractivity contribution in [2.45, 2.75) is 23.9 Å². The third-order valence-electron chi connectivity index (χ3n) is 5.69. The van der Waals surface area contributed by atoms with Crippen LogP contribution >= 0.6 is 23.2 Å². The third kappa shape index (κ3) is 3.79. The summed E-state index contributed by atoms with van der Waals surface area (Å²) in [5, 5.41) is 23.8. The van der Waals surface area contributed by atoms with Gasteiger partial charge in [-0.1, -0.05) is 23.2 Å². The number of rotatable bonds is 6. The summed E-state index contributed by atoms with van der Waals surface area (Å²) < 4.78 is 6.32. The van der Waals surface area contributed by atoms with E-state index < -0.39 is 34.7 Å². The minimum absolute atomic E-state index is 0.00233. The second-order valence-corrected chi connectivity index (χ2v) is 8.50. The van der Waals surface area contributed by atoms with Crippen LogP contribution in [0.5, 0.6) is 0 Å². The Morgan fingerprint density at radius 2 is 1.62 bits per heavy atom. The van der Waals surface area contributed by atoms with Crippen molar-refractivity contribution in [1.29, 1.82) is 0 Å². The van der Waals surface area contributed by atoms with Crippen LogP contribution in [-0.4, -0.2) is 54.6 Å². The molecule has 0 saturated carbocycles. The van der Waals surface area contributed by atoms with Gasteiger partial charge in [-0.05, 0) is 48.5 Å². The molecule has 1 aliphatic rings. The molecule has 1 aromatic heterocycles. The van der Waals surface area contributed by atoms with Gasteiger partial charge in [-0.15, -0.1) is 0 Å². The van der Waals surface area contributed by atoms with Crippen LogP contribution in [0.1, 0.15) is 27.1 Å². The SMILES string of the molecule is Nc1ncn([C@@]2(C(O)C(=O)c3ccc(Cl)cc3)OCC[C@@]2(O)C(=O)c2ccc(Cl)cc2)c(=O)n1. The van der Waals surface area contributed by atoms with Crippen LogP contribution in [0.25, 0.3) is 0 Å². The largest absolute Gasteiger partial charge is 0.380 e. The molecule has 34 heavy (non-hydrogen) atoms. The number of carbonyl (C=O) groups is 2. The fraction of sp³-hybridized carbons (Fsp3) is 0.227. The predicted molar refractivity (Wildman–Crippen MR) is 122 cm³/mol. The van der Waals surface area contributed by atoms with Crippen LogP contribution in [0.3, 0.4) is 0 Å². The first-order valence-corrected chi connectivity index (χ1v) is 10.7. The molecule has 2 aromatic carbocycles. The summed E-state index contributed by atoms with van der Waals surface area (Å²) in [5.74, 6) is -2.24. The number of halogens is 2. The lowest BCUT2D eigenvalue weighted by Gasteiger charge is -2.42. The van der Waals surface area contributed by atoms with Crippen molar-refractivity contribution in [2.24, 2.45) is 0 Å². The Hall–Kier alpha value is -3.15. The highest BCUT2D eigenvalue weighted by Crippen LogP contribution is 2.45. The minimum Gasteiger partial charge on any atom is -0.380 e. The molecule has 176 valence electrons. The molecule has 3 aromatic rings. The highest BCUT2D eigenvalue weighted by atomic mass is 35.5. The first kappa shape index (κ1) is 24.0. The van der Waals surface area contributed by atoms with Crippen molar-refractivity contribution < 1.29 is 24.5 Å². The summed E-state index contributed by atoms with van der Waals surface area (Å²) in [6, 6.07) is 11.1. The molecule has 4 N–H and O–H groups in total. The number of hydrogen-bond acceptors (Lipinski definition) is 9. The van der Waals surface area contributed by atoms with Crippen molar-refractivity contribution in [3.63, 3.8) is 0 Å². The molecule has 12 heteroatoms. The number of aliphatic hydroxyl groups excluding tert-OH is 1. The molecular formula is C22H18Cl2N4O6. The number of carbonyl (C=O) groups excluding carboxylic acids is 2. The van der Waals surface area contributed by atoms with Crippen LogP contribution in [0, 0.1) is 0 Å². The molecule has 4 rings (SSSR count). The third-order valence-corrected chi connectivity index (χ3v) is 6.19. The fourth-order valence-electron chi connectivity index (χ4n) is 4.00. The number of ether oxygens (including phenoxy) is 1. The number of hydrogen-bond donors (Lipinski definition) is 3. The van der Waals surface area contributed by atoms with Crippen molar-refractivity contribution in [2.75, 3.05) is 12.3 Å². The number of nitrogens with two attached hydrogens (primary N) is 1. The minimum atomic E-state index is -2.61. The summed E-state index contributed by atoms with van der Waals surface area (Å²) in [7, 11) is 0. The van der Waals surface area contributed by atoms with E-state index in [1.165, 1.54) is 48.5 Å². The van der Waals surface area contributed by atoms with Gasteiger partial charge in [0, 0.05) is 27.6 Å². The Morgan fingerprint density at radius 3 is 2.18 bits per heavy atom. The maximum Gasteiger partial charge on any atom is 0.354 e. The van der Waals surface area contributed by atoms with E-state index in [1.807, 2.05) is 0 Å². The Labute approximate surface area is 202 Å². The van der Waals surface area contributed by atoms with Crippen LogP contribution in [0.15, 0.2) is 59.7 Å². The summed E-state index contributed by atoms with van der Waals surface area (Å²) in [4.78, 5) is 46.9. The zero-order chi connectivity index (χ0) is 24.7. The summed E-state index contributed by atoms with van der Waals surface area (Å²) in [5.41, 5.74) is -0.789. The van der Waals surface area contributed by atoms with E-state index in [0.717, 1.165) is 6.33 Å². The van der Waals surface area contributed by atoms with Crippen LogP contribution in [-0.2, 0) is 10.5 Å². The highest BCUT2D eigenvalue weighted by molar-refractivity contribution is 6.31. The highest BCUT2D eigenvalue weighted by Gasteiger charge is 2.67. The second kappa shape index (κ2) is 8.90. The van der Waals surface area contributed by atoms with Crippen molar-refractivity contribution in [3.8, 4) is 0 Å². The predicted octanol–water partition coefficient (Wildman–Crippen LogP) is 1.46. The van der Waals surface area contributed by atoms with Gasteiger partial charge in [-0.2, -0.15) is 4.98 Å². The fourth-order valence-corrected chi connectivity index (χ4v) is 4.25. The molecule has 3 atom stereocenters. The first-order chi connectivity index (χ1) is 16.1. The summed E-state index contributed by atoms with van der Waals surface area (Å²) >= 11 is 11.8. The topological polar surface area (TPSA) is 158 Å². The van der Waals surface area contributed by atoms with Gasteiger partial charge < -0.3 is 20.7 Å². The lowest BCUT2D eigenvalue weighted by atomic mass is 9.77. The number of nitrogen functional groups attached to an aromatic ring is 1. The van der Waals surface area contributed by atoms with E-state index in [-0.39, 0.29) is 30.1 Å². The van der Waals surface area contributed by atoms with Crippen LogP contribution in [0.2, 0.25) is 10.0 Å². The summed E-state index contributed by atoms with van der Waals surface area (Å²) in [6.45, 7) is -0.280. The lowest BCUT2D eigenvalue weighted by Crippen LogP contribution is -2.67. The second-order valence-electron chi connectivity index (χ2n) is 7.63. The van der Waals surface area contributed by atoms with E-state index in [4.69, 9.17) is 33.7 Å². The molecule has 10 nitrogen and oxygen atoms in total. The van der Waals surface area contributed by atoms with Gasteiger partial charge in [0.15, 0.2) is 23.3 Å². The quantitative estimate of drug-likeness (QED) is 0.422. The van der Waals surface area contributed by atoms with E-state index in [0.29, 0.717) is 14.6 Å². The van der Waals surface area contributed by atoms with Crippen molar-refractivity contribution >= 4 is 40.7 Å². The lowest BCUT2D eigenvalue weighted by molar-refractivity contribution is -0.201. The van der Waals surface area contributed by atoms with E-state index in [9.17, 15) is 24.6 Å². The zero-order valence-corrected chi connectivity index (χ0v) is 18.9. The smallest absolute Gasteiger partial charge is 0.354 e. The van der Waals surface area contributed by atoms with Crippen LogP contribution < -0.4 is 11.4 Å². The average molecular weight is 505 g/mol. The van der Waals surface area contributed by atoms with Gasteiger partial charge in [0.25, 0.3) is 0 Å². The first-order valence-electron chi connectivity index (χ1n) is 9.96. The number of Topliss-reactive ketones (excluding diaryl/α,β-unsaturated/α-hetero) is 2. The van der Waals surface area contributed by atoms with Gasteiger partial charge >= 0.3 is 5.69 Å². The molecular weight excluding hydrogens is 487 g/mol. The maximum atomic E-state index is 13.6. The molecule has 0 amide bonds. The number of aromatic nitrogens is 3. The standard InChI is InChI=1S/C22H18Cl2N4O6/c23-14-5-1-12(2-6-14)16(29)18(31)22(28-11-26-19(25)27-20(28)32)21(33,9-10-34-22)17(30)13-3-7-15(24)8-4-13/h1-8,11,18,31,33H,9-10H2,(H2,25,27,32)/t18?,21-,22+/m1/s1. The van der Waals surface area contributed by atoms with E-state index >= 15 is 0 Å². The number of nitrogens with zero attached hydrogens (tertiary/aromatic N) is 3. The van der Waals surface area contributed by atoms with Crippen LogP contribution in [0.4, 0.5) is 5.95 Å². The molecule has 1 fully saturated rings. The summed E-state index contributed by atoms with van der Waals surface area (Å²) in [6.07, 6.45) is -1.73. The normalized spacial score (nSPS) is 22.9. The van der Waals surface area contributed by atoms with Crippen molar-refractivity contribution in [1.82, 2.24) is 14.5 Å². The molecule has 1 unspecified atom stereocenters. The molecule has 0 aliphatic carbocycles. The number of ketones is 2. The molecule has 0 radical (unpaired) electrons. The van der Waals surface area contributed by atoms with Crippen molar-refractivity contribution in [3.05, 3.63) is 86.5 Å². The van der Waals surface area contributed by atoms with Gasteiger partial charge in [-0.3, -0.25) is 9.59 Å². The molecule has 1 aliphatic heterocycles. The van der Waals surface area contributed by atoms with E-state index in [1.54, 1.807) is 0 Å².